The minimum Gasteiger partial charge on any atom is -0.482 e. The largest absolute Gasteiger partial charge is 0.482 e. The van der Waals surface area contributed by atoms with E-state index in [9.17, 15) is 19.2 Å². The highest BCUT2D eigenvalue weighted by Gasteiger charge is 2.12. The van der Waals surface area contributed by atoms with Crippen LogP contribution >= 0.6 is 0 Å². The highest BCUT2D eigenvalue weighted by Crippen LogP contribution is 2.19. The van der Waals surface area contributed by atoms with E-state index in [-0.39, 0.29) is 5.78 Å². The number of amides is 3. The van der Waals surface area contributed by atoms with Gasteiger partial charge in [0.15, 0.2) is 19.0 Å². The summed E-state index contributed by atoms with van der Waals surface area (Å²) in [5.74, 6) is -1.05. The van der Waals surface area contributed by atoms with Gasteiger partial charge in [0.2, 0.25) is 0 Å². The predicted octanol–water partition coefficient (Wildman–Crippen LogP) is 2.92. The number of nitrogens with one attached hydrogen (secondary N) is 2. The molecule has 1 aromatic rings. The van der Waals surface area contributed by atoms with E-state index in [4.69, 9.17) is 9.47 Å². The number of carbonyl (C=O) groups is 4. The van der Waals surface area contributed by atoms with Crippen LogP contribution in [0.3, 0.4) is 0 Å². The molecule has 0 heterocycles. The number of ketones is 1. The summed E-state index contributed by atoms with van der Waals surface area (Å²) in [6, 6.07) is 5.77. The third kappa shape index (κ3) is 8.46. The summed E-state index contributed by atoms with van der Waals surface area (Å²) in [5.41, 5.74) is 1.89. The Kier molecular flexibility index (Phi) is 9.57. The van der Waals surface area contributed by atoms with E-state index in [1.54, 1.807) is 31.2 Å². The van der Waals surface area contributed by atoms with Gasteiger partial charge in [0.1, 0.15) is 5.75 Å². The van der Waals surface area contributed by atoms with Gasteiger partial charge in [-0.25, -0.2) is 9.59 Å². The number of urea groups is 1. The summed E-state index contributed by atoms with van der Waals surface area (Å²) in [5, 5.41) is 4.72. The summed E-state index contributed by atoms with van der Waals surface area (Å²) in [7, 11) is 0. The van der Waals surface area contributed by atoms with Gasteiger partial charge in [-0.15, -0.1) is 0 Å². The number of hydrogen-bond acceptors (Lipinski definition) is 6. The molecule has 0 fully saturated rings. The Labute approximate surface area is 176 Å². The van der Waals surface area contributed by atoms with Crippen LogP contribution in [0.4, 0.5) is 4.79 Å². The van der Waals surface area contributed by atoms with Crippen LogP contribution in [-0.2, 0) is 14.3 Å². The molecular weight excluding hydrogens is 388 g/mol. The molecule has 3 amide bonds. The Morgan fingerprint density at radius 3 is 2.47 bits per heavy atom. The van der Waals surface area contributed by atoms with E-state index in [2.05, 4.69) is 16.7 Å². The van der Waals surface area contributed by atoms with E-state index >= 15 is 0 Å². The summed E-state index contributed by atoms with van der Waals surface area (Å²) < 4.78 is 10.0. The standard InChI is InChI=1S/C22H28N2O6/c1-2-19(25)17-8-10-18(11-9-17)29-15-21(27)30-14-20(26)24-22(28)23-13-12-16-6-4-3-5-7-16/h6,8-11H,2-5,7,12-15H2,1H3,(H2,23,24,26,28). The first-order valence-electron chi connectivity index (χ1n) is 10.1. The lowest BCUT2D eigenvalue weighted by atomic mass is 9.97. The molecule has 0 bridgehead atoms. The molecule has 8 heteroatoms. The van der Waals surface area contributed by atoms with Crippen LogP contribution in [0.1, 0.15) is 55.8 Å². The fraction of sp³-hybridized carbons (Fsp3) is 0.455. The van der Waals surface area contributed by atoms with Crippen LogP contribution < -0.4 is 15.4 Å². The van der Waals surface area contributed by atoms with Crippen molar-refractivity contribution in [3.05, 3.63) is 41.5 Å². The van der Waals surface area contributed by atoms with Gasteiger partial charge in [-0.2, -0.15) is 0 Å². The minimum absolute atomic E-state index is 0.0158. The SMILES string of the molecule is CCC(=O)c1ccc(OCC(=O)OCC(=O)NC(=O)NCCC2=CCCCC2)cc1. The molecule has 0 aliphatic heterocycles. The van der Waals surface area contributed by atoms with Gasteiger partial charge >= 0.3 is 12.0 Å². The molecule has 8 nitrogen and oxygen atoms in total. The van der Waals surface area contributed by atoms with Crippen molar-refractivity contribution >= 4 is 23.7 Å². The molecule has 30 heavy (non-hydrogen) atoms. The van der Waals surface area contributed by atoms with E-state index in [0.29, 0.717) is 24.3 Å². The highest BCUT2D eigenvalue weighted by molar-refractivity contribution is 5.96. The molecule has 0 aromatic heterocycles. The van der Waals surface area contributed by atoms with Gasteiger partial charge in [-0.05, 0) is 56.4 Å². The molecule has 1 aliphatic rings. The summed E-state index contributed by atoms with van der Waals surface area (Å²) in [6.07, 6.45) is 7.90. The molecule has 1 aliphatic carbocycles. The van der Waals surface area contributed by atoms with E-state index < -0.39 is 31.1 Å². The average Bonchev–Trinajstić information content (AvgIpc) is 2.76. The first-order valence-corrected chi connectivity index (χ1v) is 10.1. The lowest BCUT2D eigenvalue weighted by molar-refractivity contribution is -0.150. The Balaban J connectivity index is 1.59. The van der Waals surface area contributed by atoms with Crippen molar-refractivity contribution in [2.24, 2.45) is 0 Å². The lowest BCUT2D eigenvalue weighted by Crippen LogP contribution is -2.42. The Hall–Kier alpha value is -3.16. The number of esters is 1. The maximum atomic E-state index is 11.7. The van der Waals surface area contributed by atoms with Crippen molar-refractivity contribution in [3.8, 4) is 5.75 Å². The van der Waals surface area contributed by atoms with Gasteiger partial charge in [-0.3, -0.25) is 14.9 Å². The first kappa shape index (κ1) is 23.1. The zero-order chi connectivity index (χ0) is 21.8. The predicted molar refractivity (Wildman–Crippen MR) is 110 cm³/mol. The second-order valence-electron chi connectivity index (χ2n) is 6.91. The number of imide groups is 1. The summed E-state index contributed by atoms with van der Waals surface area (Å²) in [6.45, 7) is 1.25. The van der Waals surface area contributed by atoms with Crippen molar-refractivity contribution < 1.29 is 28.7 Å². The zero-order valence-electron chi connectivity index (χ0n) is 17.2. The number of rotatable bonds is 10. The third-order valence-electron chi connectivity index (χ3n) is 4.59. The fourth-order valence-electron chi connectivity index (χ4n) is 2.95. The zero-order valence-corrected chi connectivity index (χ0v) is 17.2. The normalized spacial score (nSPS) is 13.0. The number of carbonyl (C=O) groups excluding carboxylic acids is 4. The molecule has 0 unspecified atom stereocenters. The van der Waals surface area contributed by atoms with Crippen LogP contribution in [-0.4, -0.2) is 43.4 Å². The van der Waals surface area contributed by atoms with Crippen molar-refractivity contribution in [1.29, 1.82) is 0 Å². The first-order chi connectivity index (χ1) is 14.5. The summed E-state index contributed by atoms with van der Waals surface area (Å²) in [4.78, 5) is 46.6. The van der Waals surface area contributed by atoms with Gasteiger partial charge in [-0.1, -0.05) is 18.6 Å². The molecule has 0 radical (unpaired) electrons. The van der Waals surface area contributed by atoms with Crippen molar-refractivity contribution in [2.75, 3.05) is 19.8 Å². The third-order valence-corrected chi connectivity index (χ3v) is 4.59. The maximum absolute atomic E-state index is 11.7. The topological polar surface area (TPSA) is 111 Å². The second kappa shape index (κ2) is 12.4. The average molecular weight is 416 g/mol. The van der Waals surface area contributed by atoms with Crippen LogP contribution in [0.15, 0.2) is 35.9 Å². The number of benzene rings is 1. The smallest absolute Gasteiger partial charge is 0.344 e. The van der Waals surface area contributed by atoms with E-state index in [0.717, 1.165) is 19.3 Å². The molecular formula is C22H28N2O6. The van der Waals surface area contributed by atoms with Crippen LogP contribution in [0.25, 0.3) is 0 Å². The van der Waals surface area contributed by atoms with Crippen molar-refractivity contribution in [1.82, 2.24) is 10.6 Å². The van der Waals surface area contributed by atoms with Crippen molar-refractivity contribution in [3.63, 3.8) is 0 Å². The molecule has 0 spiro atoms. The minimum atomic E-state index is -0.747. The van der Waals surface area contributed by atoms with Gasteiger partial charge in [0, 0.05) is 18.5 Å². The second-order valence-corrected chi connectivity index (χ2v) is 6.91. The number of Topliss-reactive ketones (excluding diaryl/α,β-unsaturated/α-hetero) is 1. The maximum Gasteiger partial charge on any atom is 0.344 e. The molecule has 0 saturated carbocycles. The van der Waals surface area contributed by atoms with Crippen molar-refractivity contribution in [2.45, 2.75) is 45.4 Å². The highest BCUT2D eigenvalue weighted by atomic mass is 16.6. The molecule has 0 saturated heterocycles. The Morgan fingerprint density at radius 2 is 1.80 bits per heavy atom. The molecule has 0 atom stereocenters. The number of ether oxygens (including phenoxy) is 2. The van der Waals surface area contributed by atoms with Crippen LogP contribution in [0.2, 0.25) is 0 Å². The summed E-state index contributed by atoms with van der Waals surface area (Å²) >= 11 is 0. The Morgan fingerprint density at radius 1 is 1.03 bits per heavy atom. The monoisotopic (exact) mass is 416 g/mol. The van der Waals surface area contributed by atoms with Crippen LogP contribution in [0.5, 0.6) is 5.75 Å². The molecule has 2 rings (SSSR count). The lowest BCUT2D eigenvalue weighted by Gasteiger charge is -2.13. The number of allylic oxidation sites excluding steroid dienone is 1. The number of hydrogen-bond donors (Lipinski definition) is 2. The van der Waals surface area contributed by atoms with Gasteiger partial charge in [0.05, 0.1) is 0 Å². The quantitative estimate of drug-likeness (QED) is 0.345. The molecule has 2 N–H and O–H groups in total. The Bertz CT molecular complexity index is 785. The van der Waals surface area contributed by atoms with Gasteiger partial charge in [0.25, 0.3) is 5.91 Å². The molecule has 162 valence electrons. The van der Waals surface area contributed by atoms with E-state index in [1.807, 2.05) is 0 Å². The van der Waals surface area contributed by atoms with Gasteiger partial charge < -0.3 is 14.8 Å². The fourth-order valence-corrected chi connectivity index (χ4v) is 2.95. The van der Waals surface area contributed by atoms with E-state index in [1.165, 1.54) is 18.4 Å². The molecule has 1 aromatic carbocycles. The van der Waals surface area contributed by atoms with Crippen LogP contribution in [0, 0.1) is 0 Å².